The second-order valence-electron chi connectivity index (χ2n) is 6.39. The van der Waals surface area contributed by atoms with Crippen molar-refractivity contribution in [3.63, 3.8) is 0 Å². The molecule has 0 amide bonds. The molecule has 24 heavy (non-hydrogen) atoms. The Bertz CT molecular complexity index is 815. The topological polar surface area (TPSA) is 66.4 Å². The highest BCUT2D eigenvalue weighted by Gasteiger charge is 2.20. The van der Waals surface area contributed by atoms with E-state index in [1.165, 1.54) is 11.8 Å². The Kier molecular flexibility index (Phi) is 5.80. The molecule has 5 heteroatoms. The lowest BCUT2D eigenvalue weighted by Gasteiger charge is -2.25. The van der Waals surface area contributed by atoms with E-state index in [2.05, 4.69) is 17.4 Å². The van der Waals surface area contributed by atoms with Crippen molar-refractivity contribution in [2.45, 2.75) is 37.8 Å². The number of benzene rings is 2. The predicted molar refractivity (Wildman–Crippen MR) is 97.0 cm³/mol. The molecule has 0 aliphatic heterocycles. The maximum absolute atomic E-state index is 11.9. The van der Waals surface area contributed by atoms with E-state index in [0.717, 1.165) is 16.7 Å². The summed E-state index contributed by atoms with van der Waals surface area (Å²) in [5.41, 5.74) is 4.24. The molecule has 0 aliphatic rings. The van der Waals surface area contributed by atoms with Crippen LogP contribution in [-0.2, 0) is 9.84 Å². The Morgan fingerprint density at radius 3 is 2.42 bits per heavy atom. The summed E-state index contributed by atoms with van der Waals surface area (Å²) in [7, 11) is -3.27. The minimum absolute atomic E-state index is 0.00712. The van der Waals surface area contributed by atoms with Gasteiger partial charge in [-0.1, -0.05) is 35.9 Å². The van der Waals surface area contributed by atoms with Gasteiger partial charge in [0.25, 0.3) is 0 Å². The fourth-order valence-corrected chi connectivity index (χ4v) is 3.45. The molecule has 2 aromatic rings. The second kappa shape index (κ2) is 7.47. The van der Waals surface area contributed by atoms with Gasteiger partial charge in [-0.2, -0.15) is 0 Å². The van der Waals surface area contributed by atoms with Crippen LogP contribution in [0.25, 0.3) is 0 Å². The number of rotatable bonds is 6. The third-order valence-electron chi connectivity index (χ3n) is 4.08. The second-order valence-corrected chi connectivity index (χ2v) is 8.40. The van der Waals surface area contributed by atoms with Gasteiger partial charge in [0.1, 0.15) is 0 Å². The molecule has 130 valence electrons. The van der Waals surface area contributed by atoms with E-state index < -0.39 is 9.84 Å². The first-order valence-electron chi connectivity index (χ1n) is 7.96. The lowest BCUT2D eigenvalue weighted by molar-refractivity contribution is 0.245. The third kappa shape index (κ3) is 4.44. The Labute approximate surface area is 144 Å². The van der Waals surface area contributed by atoms with Crippen LogP contribution in [0.1, 0.15) is 35.2 Å². The number of hydrogen-bond donors (Lipinski definition) is 2. The van der Waals surface area contributed by atoms with Crippen molar-refractivity contribution in [2.24, 2.45) is 0 Å². The van der Waals surface area contributed by atoms with Crippen LogP contribution >= 0.6 is 0 Å². The van der Waals surface area contributed by atoms with Gasteiger partial charge in [0, 0.05) is 12.3 Å². The zero-order chi connectivity index (χ0) is 17.9. The van der Waals surface area contributed by atoms with Crippen molar-refractivity contribution in [3.05, 3.63) is 64.7 Å². The van der Waals surface area contributed by atoms with Crippen LogP contribution in [0, 0.1) is 13.8 Å². The van der Waals surface area contributed by atoms with E-state index in [1.54, 1.807) is 18.2 Å². The SMILES string of the molecule is Cc1ccc(C(NC(C)CO)c2cccc(S(C)(=O)=O)c2)c(C)c1. The summed E-state index contributed by atoms with van der Waals surface area (Å²) in [4.78, 5) is 0.299. The van der Waals surface area contributed by atoms with Gasteiger partial charge in [0.05, 0.1) is 17.5 Å². The van der Waals surface area contributed by atoms with Gasteiger partial charge < -0.3 is 10.4 Å². The Hall–Kier alpha value is -1.69. The molecule has 0 saturated heterocycles. The number of hydrogen-bond acceptors (Lipinski definition) is 4. The van der Waals surface area contributed by atoms with Crippen LogP contribution in [-0.4, -0.2) is 32.4 Å². The minimum atomic E-state index is -3.27. The summed E-state index contributed by atoms with van der Waals surface area (Å²) in [6.07, 6.45) is 1.21. The van der Waals surface area contributed by atoms with Crippen molar-refractivity contribution in [2.75, 3.05) is 12.9 Å². The van der Waals surface area contributed by atoms with Gasteiger partial charge in [-0.05, 0) is 49.6 Å². The number of aryl methyl sites for hydroxylation is 2. The summed E-state index contributed by atoms with van der Waals surface area (Å²) in [6, 6.07) is 12.9. The molecule has 0 saturated carbocycles. The minimum Gasteiger partial charge on any atom is -0.395 e. The fourth-order valence-electron chi connectivity index (χ4n) is 2.78. The number of aliphatic hydroxyl groups is 1. The van der Waals surface area contributed by atoms with Crippen LogP contribution in [0.2, 0.25) is 0 Å². The highest BCUT2D eigenvalue weighted by atomic mass is 32.2. The van der Waals surface area contributed by atoms with Gasteiger partial charge in [-0.15, -0.1) is 0 Å². The number of sulfone groups is 1. The third-order valence-corrected chi connectivity index (χ3v) is 5.19. The summed E-state index contributed by atoms with van der Waals surface area (Å²) in [6.45, 7) is 5.99. The fraction of sp³-hybridized carbons (Fsp3) is 0.368. The van der Waals surface area contributed by atoms with Crippen molar-refractivity contribution >= 4 is 9.84 Å². The van der Waals surface area contributed by atoms with Gasteiger partial charge in [0.15, 0.2) is 9.84 Å². The first-order valence-corrected chi connectivity index (χ1v) is 9.85. The molecule has 2 aromatic carbocycles. The van der Waals surface area contributed by atoms with Crippen LogP contribution in [0.4, 0.5) is 0 Å². The van der Waals surface area contributed by atoms with E-state index >= 15 is 0 Å². The molecule has 0 heterocycles. The number of nitrogens with one attached hydrogen (secondary N) is 1. The van der Waals surface area contributed by atoms with Crippen LogP contribution in [0.5, 0.6) is 0 Å². The molecule has 2 atom stereocenters. The molecule has 0 radical (unpaired) electrons. The average molecular weight is 347 g/mol. The zero-order valence-electron chi connectivity index (χ0n) is 14.6. The molecule has 2 unspecified atom stereocenters. The van der Waals surface area contributed by atoms with Crippen LogP contribution < -0.4 is 5.32 Å². The van der Waals surface area contributed by atoms with Crippen molar-refractivity contribution in [3.8, 4) is 0 Å². The maximum atomic E-state index is 11.9. The van der Waals surface area contributed by atoms with E-state index in [4.69, 9.17) is 0 Å². The standard InChI is InChI=1S/C19H25NO3S/c1-13-8-9-18(14(2)10-13)19(20-15(3)12-21)16-6-5-7-17(11-16)24(4,22)23/h5-11,15,19-21H,12H2,1-4H3. The first-order chi connectivity index (χ1) is 11.2. The van der Waals surface area contributed by atoms with Crippen LogP contribution in [0.3, 0.4) is 0 Å². The lowest BCUT2D eigenvalue weighted by Crippen LogP contribution is -2.34. The summed E-state index contributed by atoms with van der Waals surface area (Å²) in [5.74, 6) is 0. The molecule has 0 fully saturated rings. The number of aliphatic hydroxyl groups excluding tert-OH is 1. The molecular weight excluding hydrogens is 322 g/mol. The highest BCUT2D eigenvalue weighted by Crippen LogP contribution is 2.27. The van der Waals surface area contributed by atoms with E-state index in [-0.39, 0.29) is 18.7 Å². The van der Waals surface area contributed by atoms with Crippen molar-refractivity contribution in [1.29, 1.82) is 0 Å². The van der Waals surface area contributed by atoms with Gasteiger partial charge in [-0.25, -0.2) is 8.42 Å². The molecular formula is C19H25NO3S. The van der Waals surface area contributed by atoms with Crippen molar-refractivity contribution < 1.29 is 13.5 Å². The molecule has 0 bridgehead atoms. The zero-order valence-corrected chi connectivity index (χ0v) is 15.4. The maximum Gasteiger partial charge on any atom is 0.175 e. The Balaban J connectivity index is 2.54. The summed E-state index contributed by atoms with van der Waals surface area (Å²) >= 11 is 0. The van der Waals surface area contributed by atoms with Gasteiger partial charge in [0.2, 0.25) is 0 Å². The lowest BCUT2D eigenvalue weighted by atomic mass is 9.93. The van der Waals surface area contributed by atoms with Crippen molar-refractivity contribution in [1.82, 2.24) is 5.32 Å². The highest BCUT2D eigenvalue weighted by molar-refractivity contribution is 7.90. The molecule has 0 aliphatic carbocycles. The average Bonchev–Trinajstić information content (AvgIpc) is 2.52. The monoisotopic (exact) mass is 347 g/mol. The smallest absolute Gasteiger partial charge is 0.175 e. The quantitative estimate of drug-likeness (QED) is 0.843. The van der Waals surface area contributed by atoms with E-state index in [0.29, 0.717) is 4.90 Å². The summed E-state index contributed by atoms with van der Waals surface area (Å²) in [5, 5.41) is 12.8. The predicted octanol–water partition coefficient (Wildman–Crippen LogP) is 2.77. The van der Waals surface area contributed by atoms with E-state index in [1.807, 2.05) is 32.9 Å². The molecule has 0 aromatic heterocycles. The largest absolute Gasteiger partial charge is 0.395 e. The molecule has 0 spiro atoms. The Morgan fingerprint density at radius 1 is 1.12 bits per heavy atom. The normalized spacial score (nSPS) is 14.4. The molecule has 2 rings (SSSR count). The van der Waals surface area contributed by atoms with Crippen LogP contribution in [0.15, 0.2) is 47.4 Å². The van der Waals surface area contributed by atoms with Gasteiger partial charge in [-0.3, -0.25) is 0 Å². The van der Waals surface area contributed by atoms with E-state index in [9.17, 15) is 13.5 Å². The first kappa shape index (κ1) is 18.6. The molecule has 2 N–H and O–H groups in total. The van der Waals surface area contributed by atoms with Gasteiger partial charge >= 0.3 is 0 Å². The molecule has 4 nitrogen and oxygen atoms in total. The summed E-state index contributed by atoms with van der Waals surface area (Å²) < 4.78 is 23.7. The Morgan fingerprint density at radius 2 is 1.83 bits per heavy atom.